The number of aromatic nitrogens is 2. The molecule has 0 bridgehead atoms. The molecule has 2 aromatic heterocycles. The van der Waals surface area contributed by atoms with Crippen LogP contribution in [0.5, 0.6) is 0 Å². The second-order valence-corrected chi connectivity index (χ2v) is 7.31. The lowest BCUT2D eigenvalue weighted by Crippen LogP contribution is -2.31. The SMILES string of the molecule is Cc1ccc2nc(N(Cc3ccccn3)C(=O)c3ccc(F)cc3F)sc2c1. The number of thiazole rings is 1. The first-order valence-electron chi connectivity index (χ1n) is 8.55. The number of rotatable bonds is 4. The second-order valence-electron chi connectivity index (χ2n) is 6.30. The van der Waals surface area contributed by atoms with E-state index in [1.165, 1.54) is 16.2 Å². The van der Waals surface area contributed by atoms with Crippen molar-refractivity contribution in [3.63, 3.8) is 0 Å². The number of pyridine rings is 1. The lowest BCUT2D eigenvalue weighted by atomic mass is 10.1. The number of halogens is 2. The Morgan fingerprint density at radius 3 is 2.71 bits per heavy atom. The lowest BCUT2D eigenvalue weighted by Gasteiger charge is -2.20. The van der Waals surface area contributed by atoms with E-state index >= 15 is 0 Å². The molecule has 1 amide bonds. The minimum absolute atomic E-state index is 0.120. The summed E-state index contributed by atoms with van der Waals surface area (Å²) in [6.07, 6.45) is 1.62. The molecule has 4 aromatic rings. The molecular weight excluding hydrogens is 380 g/mol. The molecule has 0 atom stereocenters. The van der Waals surface area contributed by atoms with Crippen molar-refractivity contribution in [1.82, 2.24) is 9.97 Å². The van der Waals surface area contributed by atoms with Crippen molar-refractivity contribution in [2.24, 2.45) is 0 Å². The van der Waals surface area contributed by atoms with Crippen LogP contribution in [0.1, 0.15) is 21.6 Å². The number of fused-ring (bicyclic) bond motifs is 1. The van der Waals surface area contributed by atoms with E-state index in [4.69, 9.17) is 0 Å². The summed E-state index contributed by atoms with van der Waals surface area (Å²) in [5.41, 5.74) is 2.25. The van der Waals surface area contributed by atoms with Gasteiger partial charge in [-0.25, -0.2) is 13.8 Å². The van der Waals surface area contributed by atoms with Gasteiger partial charge < -0.3 is 0 Å². The van der Waals surface area contributed by atoms with Crippen molar-refractivity contribution < 1.29 is 13.6 Å². The molecular formula is C21H15F2N3OS. The maximum absolute atomic E-state index is 14.3. The number of hydrogen-bond acceptors (Lipinski definition) is 4. The summed E-state index contributed by atoms with van der Waals surface area (Å²) in [7, 11) is 0. The summed E-state index contributed by atoms with van der Waals surface area (Å²) in [4.78, 5) is 23.3. The third-order valence-corrected chi connectivity index (χ3v) is 5.26. The minimum atomic E-state index is -0.909. The van der Waals surface area contributed by atoms with Crippen LogP contribution >= 0.6 is 11.3 Å². The molecule has 7 heteroatoms. The van der Waals surface area contributed by atoms with Crippen molar-refractivity contribution in [2.75, 3.05) is 4.90 Å². The molecule has 0 radical (unpaired) electrons. The van der Waals surface area contributed by atoms with E-state index in [9.17, 15) is 13.6 Å². The van der Waals surface area contributed by atoms with Crippen molar-refractivity contribution >= 4 is 32.6 Å². The van der Waals surface area contributed by atoms with E-state index in [-0.39, 0.29) is 12.1 Å². The highest BCUT2D eigenvalue weighted by molar-refractivity contribution is 7.22. The Bertz CT molecular complexity index is 1160. The van der Waals surface area contributed by atoms with Crippen LogP contribution in [0, 0.1) is 18.6 Å². The average Bonchev–Trinajstić information content (AvgIpc) is 3.09. The zero-order chi connectivity index (χ0) is 19.7. The molecule has 0 fully saturated rings. The summed E-state index contributed by atoms with van der Waals surface area (Å²) < 4.78 is 28.5. The summed E-state index contributed by atoms with van der Waals surface area (Å²) in [6, 6.07) is 14.1. The largest absolute Gasteiger partial charge is 0.278 e. The molecule has 0 aliphatic heterocycles. The molecule has 0 aliphatic carbocycles. The van der Waals surface area contributed by atoms with Crippen molar-refractivity contribution in [1.29, 1.82) is 0 Å². The topological polar surface area (TPSA) is 46.1 Å². The predicted octanol–water partition coefficient (Wildman–Crippen LogP) is 5.12. The maximum atomic E-state index is 14.3. The van der Waals surface area contributed by atoms with Crippen molar-refractivity contribution in [2.45, 2.75) is 13.5 Å². The van der Waals surface area contributed by atoms with Crippen molar-refractivity contribution in [3.8, 4) is 0 Å². The fourth-order valence-electron chi connectivity index (χ4n) is 2.82. The number of anilines is 1. The van der Waals surface area contributed by atoms with Crippen LogP contribution in [0.3, 0.4) is 0 Å². The van der Waals surface area contributed by atoms with Crippen LogP contribution in [0.15, 0.2) is 60.8 Å². The monoisotopic (exact) mass is 395 g/mol. The molecule has 0 unspecified atom stereocenters. The van der Waals surface area contributed by atoms with Gasteiger partial charge >= 0.3 is 0 Å². The summed E-state index contributed by atoms with van der Waals surface area (Å²) in [6.45, 7) is 2.10. The molecule has 0 saturated heterocycles. The van der Waals surface area contributed by atoms with Crippen LogP contribution in [-0.4, -0.2) is 15.9 Å². The van der Waals surface area contributed by atoms with E-state index in [1.54, 1.807) is 18.3 Å². The lowest BCUT2D eigenvalue weighted by molar-refractivity contribution is 0.0981. The van der Waals surface area contributed by atoms with E-state index in [2.05, 4.69) is 9.97 Å². The Labute approximate surface area is 164 Å². The predicted molar refractivity (Wildman–Crippen MR) is 105 cm³/mol. The first-order valence-corrected chi connectivity index (χ1v) is 9.37. The Morgan fingerprint density at radius 2 is 1.96 bits per heavy atom. The smallest absolute Gasteiger partial charge is 0.263 e. The summed E-state index contributed by atoms with van der Waals surface area (Å²) >= 11 is 1.34. The molecule has 140 valence electrons. The molecule has 0 N–H and O–H groups in total. The van der Waals surface area contributed by atoms with Gasteiger partial charge in [-0.05, 0) is 48.9 Å². The van der Waals surface area contributed by atoms with Crippen LogP contribution in [0.25, 0.3) is 10.2 Å². The highest BCUT2D eigenvalue weighted by Crippen LogP contribution is 2.31. The Kier molecular flexibility index (Phi) is 4.83. The molecule has 28 heavy (non-hydrogen) atoms. The fraction of sp³-hybridized carbons (Fsp3) is 0.0952. The number of amides is 1. The molecule has 2 aromatic carbocycles. The number of nitrogens with zero attached hydrogens (tertiary/aromatic N) is 3. The number of hydrogen-bond donors (Lipinski definition) is 0. The maximum Gasteiger partial charge on any atom is 0.263 e. The van der Waals surface area contributed by atoms with Gasteiger partial charge in [0.05, 0.1) is 28.0 Å². The first-order chi connectivity index (χ1) is 13.5. The Morgan fingerprint density at radius 1 is 1.11 bits per heavy atom. The minimum Gasteiger partial charge on any atom is -0.278 e. The third kappa shape index (κ3) is 3.61. The van der Waals surface area contributed by atoms with Crippen LogP contribution in [0.4, 0.5) is 13.9 Å². The zero-order valence-corrected chi connectivity index (χ0v) is 15.7. The van der Waals surface area contributed by atoms with Gasteiger partial charge in [-0.1, -0.05) is 23.5 Å². The van der Waals surface area contributed by atoms with Crippen LogP contribution < -0.4 is 4.90 Å². The Hall–Kier alpha value is -3.19. The molecule has 0 aliphatic rings. The molecule has 4 nitrogen and oxygen atoms in total. The number of aryl methyl sites for hydroxylation is 1. The molecule has 4 rings (SSSR count). The van der Waals surface area contributed by atoms with Gasteiger partial charge in [0, 0.05) is 12.3 Å². The van der Waals surface area contributed by atoms with E-state index in [0.717, 1.165) is 27.9 Å². The van der Waals surface area contributed by atoms with Gasteiger partial charge in [0.2, 0.25) is 0 Å². The first kappa shape index (κ1) is 18.2. The van der Waals surface area contributed by atoms with E-state index < -0.39 is 17.5 Å². The standard InChI is InChI=1S/C21H15F2N3OS/c1-13-5-8-18-19(10-13)28-21(25-18)26(12-15-4-2-3-9-24-15)20(27)16-7-6-14(22)11-17(16)23/h2-11H,12H2,1H3. The van der Waals surface area contributed by atoms with E-state index in [1.807, 2.05) is 31.2 Å². The van der Waals surface area contributed by atoms with Gasteiger partial charge in [-0.2, -0.15) is 0 Å². The third-order valence-electron chi connectivity index (χ3n) is 4.22. The number of carbonyl (C=O) groups excluding carboxylic acids is 1. The number of benzene rings is 2. The van der Waals surface area contributed by atoms with Gasteiger partial charge in [0.25, 0.3) is 5.91 Å². The number of carbonyl (C=O) groups is 1. The van der Waals surface area contributed by atoms with Crippen molar-refractivity contribution in [3.05, 3.63) is 89.2 Å². The summed E-state index contributed by atoms with van der Waals surface area (Å²) in [5, 5.41) is 0.431. The van der Waals surface area contributed by atoms with Gasteiger partial charge in [0.1, 0.15) is 11.6 Å². The quantitative estimate of drug-likeness (QED) is 0.482. The zero-order valence-electron chi connectivity index (χ0n) is 14.9. The highest BCUT2D eigenvalue weighted by Gasteiger charge is 2.24. The van der Waals surface area contributed by atoms with Gasteiger partial charge in [0.15, 0.2) is 5.13 Å². The fourth-order valence-corrected chi connectivity index (χ4v) is 3.88. The second kappa shape index (κ2) is 7.44. The average molecular weight is 395 g/mol. The molecule has 0 saturated carbocycles. The molecule has 0 spiro atoms. The molecule has 2 heterocycles. The Balaban J connectivity index is 1.79. The van der Waals surface area contributed by atoms with Crippen LogP contribution in [0.2, 0.25) is 0 Å². The van der Waals surface area contributed by atoms with E-state index in [0.29, 0.717) is 16.9 Å². The van der Waals surface area contributed by atoms with Crippen LogP contribution in [-0.2, 0) is 6.54 Å². The normalized spacial score (nSPS) is 11.0. The summed E-state index contributed by atoms with van der Waals surface area (Å²) in [5.74, 6) is -2.24. The highest BCUT2D eigenvalue weighted by atomic mass is 32.1. The van der Waals surface area contributed by atoms with Gasteiger partial charge in [-0.15, -0.1) is 0 Å². The van der Waals surface area contributed by atoms with Gasteiger partial charge in [-0.3, -0.25) is 14.7 Å².